The molecule has 0 saturated carbocycles. The topological polar surface area (TPSA) is 20.2 Å². The molecular weight excluding hydrogens is 191 g/mol. The van der Waals surface area contributed by atoms with Gasteiger partial charge in [0.15, 0.2) is 0 Å². The molecule has 1 aromatic rings. The van der Waals surface area contributed by atoms with Crippen LogP contribution in [0.1, 0.15) is 30.9 Å². The number of halogens is 1. The number of rotatable bonds is 5. The molecule has 0 aliphatic carbocycles. The van der Waals surface area contributed by atoms with E-state index in [1.54, 1.807) is 0 Å². The van der Waals surface area contributed by atoms with Crippen LogP contribution in [0.25, 0.3) is 0 Å². The first-order chi connectivity index (χ1) is 7.17. The summed E-state index contributed by atoms with van der Waals surface area (Å²) >= 11 is 0. The minimum absolute atomic E-state index is 0.125. The van der Waals surface area contributed by atoms with Crippen molar-refractivity contribution in [2.45, 2.75) is 26.2 Å². The van der Waals surface area contributed by atoms with Crippen molar-refractivity contribution < 1.29 is 9.50 Å². The molecule has 0 heterocycles. The largest absolute Gasteiger partial charge is 0.396 e. The van der Waals surface area contributed by atoms with Crippen molar-refractivity contribution in [3.63, 3.8) is 0 Å². The molecule has 0 saturated heterocycles. The highest BCUT2D eigenvalue weighted by molar-refractivity contribution is 5.25. The maximum Gasteiger partial charge on any atom is 0.0984 e. The summed E-state index contributed by atoms with van der Waals surface area (Å²) in [5.74, 6) is 0.267. The van der Waals surface area contributed by atoms with Gasteiger partial charge in [-0.2, -0.15) is 0 Å². The number of benzene rings is 1. The Morgan fingerprint density at radius 3 is 2.20 bits per heavy atom. The van der Waals surface area contributed by atoms with Gasteiger partial charge in [0.25, 0.3) is 0 Å². The highest BCUT2D eigenvalue weighted by Gasteiger charge is 2.09. The predicted molar refractivity (Wildman–Crippen MR) is 60.8 cm³/mol. The summed E-state index contributed by atoms with van der Waals surface area (Å²) in [5, 5.41) is 8.95. The van der Waals surface area contributed by atoms with E-state index < -0.39 is 6.67 Å². The maximum absolute atomic E-state index is 12.5. The molecule has 0 aliphatic rings. The first kappa shape index (κ1) is 12.2. The number of aliphatic hydroxyl groups is 1. The second-order valence-corrected chi connectivity index (χ2v) is 4.37. The van der Waals surface area contributed by atoms with Crippen LogP contribution in [0.5, 0.6) is 0 Å². The lowest BCUT2D eigenvalue weighted by Crippen LogP contribution is -2.06. The molecule has 0 amide bonds. The van der Waals surface area contributed by atoms with Crippen LogP contribution in [-0.2, 0) is 6.42 Å². The van der Waals surface area contributed by atoms with Crippen LogP contribution < -0.4 is 0 Å². The van der Waals surface area contributed by atoms with Gasteiger partial charge in [-0.25, -0.2) is 0 Å². The van der Waals surface area contributed by atoms with Crippen LogP contribution in [0.4, 0.5) is 4.39 Å². The molecule has 84 valence electrons. The fourth-order valence-corrected chi connectivity index (χ4v) is 1.64. The molecule has 1 N–H and O–H groups in total. The first-order valence-electron chi connectivity index (χ1n) is 5.43. The van der Waals surface area contributed by atoms with Crippen LogP contribution in [0.3, 0.4) is 0 Å². The van der Waals surface area contributed by atoms with Gasteiger partial charge in [0.05, 0.1) is 13.3 Å². The Labute approximate surface area is 90.9 Å². The van der Waals surface area contributed by atoms with Crippen LogP contribution in [-0.4, -0.2) is 18.4 Å². The van der Waals surface area contributed by atoms with Crippen molar-refractivity contribution >= 4 is 0 Å². The first-order valence-corrected chi connectivity index (χ1v) is 5.43. The summed E-state index contributed by atoms with van der Waals surface area (Å²) < 4.78 is 12.5. The van der Waals surface area contributed by atoms with Gasteiger partial charge < -0.3 is 5.11 Å². The van der Waals surface area contributed by atoms with Gasteiger partial charge in [0.1, 0.15) is 0 Å². The number of aliphatic hydroxyl groups excluding tert-OH is 1. The Morgan fingerprint density at radius 2 is 1.80 bits per heavy atom. The zero-order valence-corrected chi connectivity index (χ0v) is 9.41. The van der Waals surface area contributed by atoms with E-state index in [1.165, 1.54) is 5.56 Å². The molecule has 0 fully saturated rings. The van der Waals surface area contributed by atoms with E-state index in [-0.39, 0.29) is 12.5 Å². The zero-order chi connectivity index (χ0) is 11.3. The van der Waals surface area contributed by atoms with Crippen molar-refractivity contribution in [2.24, 2.45) is 5.92 Å². The van der Waals surface area contributed by atoms with Crippen LogP contribution in [0.2, 0.25) is 0 Å². The summed E-state index contributed by atoms with van der Waals surface area (Å²) in [6, 6.07) is 7.87. The van der Waals surface area contributed by atoms with Crippen molar-refractivity contribution in [3.8, 4) is 0 Å². The van der Waals surface area contributed by atoms with Crippen molar-refractivity contribution in [1.82, 2.24) is 0 Å². The van der Waals surface area contributed by atoms with Gasteiger partial charge in [-0.3, -0.25) is 4.39 Å². The van der Waals surface area contributed by atoms with E-state index in [9.17, 15) is 4.39 Å². The SMILES string of the molecule is CC(C)Cc1ccc(C(CO)CF)cc1. The molecule has 0 aromatic heterocycles. The van der Waals surface area contributed by atoms with E-state index in [0.717, 1.165) is 12.0 Å². The van der Waals surface area contributed by atoms with Gasteiger partial charge in [0, 0.05) is 5.92 Å². The fraction of sp³-hybridized carbons (Fsp3) is 0.538. The number of alkyl halides is 1. The molecule has 15 heavy (non-hydrogen) atoms. The van der Waals surface area contributed by atoms with Crippen LogP contribution >= 0.6 is 0 Å². The van der Waals surface area contributed by atoms with E-state index in [1.807, 2.05) is 24.3 Å². The molecule has 0 spiro atoms. The second kappa shape index (κ2) is 5.86. The molecule has 1 atom stereocenters. The molecule has 1 nitrogen and oxygen atoms in total. The minimum atomic E-state index is -0.500. The quantitative estimate of drug-likeness (QED) is 0.792. The van der Waals surface area contributed by atoms with Gasteiger partial charge in [-0.15, -0.1) is 0 Å². The van der Waals surface area contributed by atoms with E-state index >= 15 is 0 Å². The highest BCUT2D eigenvalue weighted by atomic mass is 19.1. The predicted octanol–water partition coefficient (Wildman–Crippen LogP) is 2.93. The van der Waals surface area contributed by atoms with Crippen LogP contribution in [0.15, 0.2) is 24.3 Å². The lowest BCUT2D eigenvalue weighted by Gasteiger charge is -2.11. The molecule has 1 rings (SSSR count). The van der Waals surface area contributed by atoms with E-state index in [0.29, 0.717) is 5.92 Å². The summed E-state index contributed by atoms with van der Waals surface area (Å²) in [5.41, 5.74) is 2.15. The van der Waals surface area contributed by atoms with Gasteiger partial charge in [-0.05, 0) is 23.5 Å². The Balaban J connectivity index is 2.71. The maximum atomic E-state index is 12.5. The van der Waals surface area contributed by atoms with Gasteiger partial charge in [0.2, 0.25) is 0 Å². The monoisotopic (exact) mass is 210 g/mol. The van der Waals surface area contributed by atoms with Gasteiger partial charge in [-0.1, -0.05) is 38.1 Å². The summed E-state index contributed by atoms with van der Waals surface area (Å²) in [6.45, 7) is 3.72. The smallest absolute Gasteiger partial charge is 0.0984 e. The third-order valence-corrected chi connectivity index (χ3v) is 2.50. The molecular formula is C13H19FO. The Bertz CT molecular complexity index is 275. The van der Waals surface area contributed by atoms with E-state index in [4.69, 9.17) is 5.11 Å². The summed E-state index contributed by atoms with van der Waals surface area (Å²) in [6.07, 6.45) is 1.04. The zero-order valence-electron chi connectivity index (χ0n) is 9.41. The van der Waals surface area contributed by atoms with Crippen molar-refractivity contribution in [2.75, 3.05) is 13.3 Å². The standard InChI is InChI=1S/C13H19FO/c1-10(2)7-11-3-5-12(6-4-11)13(8-14)9-15/h3-6,10,13,15H,7-9H2,1-2H3. The molecule has 0 aliphatic heterocycles. The number of hydrogen-bond acceptors (Lipinski definition) is 1. The average molecular weight is 210 g/mol. The third-order valence-electron chi connectivity index (χ3n) is 2.50. The molecule has 0 radical (unpaired) electrons. The Hall–Kier alpha value is -0.890. The molecule has 1 unspecified atom stereocenters. The summed E-state index contributed by atoms with van der Waals surface area (Å²) in [7, 11) is 0. The molecule has 1 aromatic carbocycles. The second-order valence-electron chi connectivity index (χ2n) is 4.37. The molecule has 0 bridgehead atoms. The van der Waals surface area contributed by atoms with Gasteiger partial charge >= 0.3 is 0 Å². The van der Waals surface area contributed by atoms with Crippen LogP contribution in [0, 0.1) is 5.92 Å². The minimum Gasteiger partial charge on any atom is -0.396 e. The average Bonchev–Trinajstić information content (AvgIpc) is 2.21. The lowest BCUT2D eigenvalue weighted by molar-refractivity contribution is 0.241. The Kier molecular flexibility index (Phi) is 4.76. The Morgan fingerprint density at radius 1 is 1.20 bits per heavy atom. The normalized spacial score (nSPS) is 13.1. The molecule has 2 heteroatoms. The highest BCUT2D eigenvalue weighted by Crippen LogP contribution is 2.17. The van der Waals surface area contributed by atoms with Crippen molar-refractivity contribution in [1.29, 1.82) is 0 Å². The van der Waals surface area contributed by atoms with Crippen molar-refractivity contribution in [3.05, 3.63) is 35.4 Å². The fourth-order valence-electron chi connectivity index (χ4n) is 1.64. The summed E-state index contributed by atoms with van der Waals surface area (Å²) in [4.78, 5) is 0. The lowest BCUT2D eigenvalue weighted by atomic mass is 9.97. The number of hydrogen-bond donors (Lipinski definition) is 1. The van der Waals surface area contributed by atoms with E-state index in [2.05, 4.69) is 13.8 Å². The third kappa shape index (κ3) is 3.63.